The molecule has 0 aliphatic rings. The zero-order valence-electron chi connectivity index (χ0n) is 51.0. The van der Waals surface area contributed by atoms with Gasteiger partial charge in [-0.05, 0) is 12.8 Å². The first kappa shape index (κ1) is 75.0. The van der Waals surface area contributed by atoms with Crippen molar-refractivity contribution in [2.45, 2.75) is 386 Å². The SMILES string of the molecule is CCCCCCCCCCCCCCCCCCCCCCCCCCCCCCCCCCCCCCC(=O)OC(COC(=O)CCCCCCCCCCCCCCCCCCCCC)COP(=O)(O)OCCN. The fraction of sp³-hybridized carbons (Fsp3) is 0.970. The molecule has 0 rings (SSSR count). The molecule has 0 radical (unpaired) electrons. The van der Waals surface area contributed by atoms with Gasteiger partial charge in [0.05, 0.1) is 13.2 Å². The standard InChI is InChI=1S/C66H132NO8P/c1-3-5-7-9-11-13-15-17-19-21-23-24-25-26-27-28-29-30-31-32-33-34-35-36-37-38-39-41-43-45-47-49-51-53-55-57-59-66(69)75-64(63-74-76(70,71)73-61-60-67)62-72-65(68)58-56-54-52-50-48-46-44-42-40-22-20-18-16-14-12-10-8-6-4-2/h64H,3-63,67H2,1-2H3,(H,70,71). The van der Waals surface area contributed by atoms with E-state index in [-0.39, 0.29) is 38.6 Å². The largest absolute Gasteiger partial charge is 0.472 e. The molecule has 0 amide bonds. The summed E-state index contributed by atoms with van der Waals surface area (Å²) in [6.45, 7) is 3.84. The first-order chi connectivity index (χ1) is 37.3. The van der Waals surface area contributed by atoms with Crippen LogP contribution in [0.15, 0.2) is 0 Å². The average molecular weight is 1100 g/mol. The first-order valence-electron chi connectivity index (χ1n) is 34.0. The number of hydrogen-bond acceptors (Lipinski definition) is 8. The maximum Gasteiger partial charge on any atom is 0.472 e. The molecule has 3 N–H and O–H groups in total. The van der Waals surface area contributed by atoms with Gasteiger partial charge in [0.2, 0.25) is 0 Å². The topological polar surface area (TPSA) is 134 Å². The lowest BCUT2D eigenvalue weighted by Gasteiger charge is -2.19. The van der Waals surface area contributed by atoms with E-state index in [1.807, 2.05) is 0 Å². The molecule has 2 atom stereocenters. The van der Waals surface area contributed by atoms with Gasteiger partial charge in [-0.1, -0.05) is 354 Å². The summed E-state index contributed by atoms with van der Waals surface area (Å²) in [5, 5.41) is 0. The van der Waals surface area contributed by atoms with Gasteiger partial charge in [-0.3, -0.25) is 18.6 Å². The molecule has 0 fully saturated rings. The molecule has 0 aromatic rings. The smallest absolute Gasteiger partial charge is 0.462 e. The van der Waals surface area contributed by atoms with Crippen LogP contribution in [0.2, 0.25) is 0 Å². The molecule has 0 aromatic heterocycles. The summed E-state index contributed by atoms with van der Waals surface area (Å²) >= 11 is 0. The zero-order chi connectivity index (χ0) is 55.2. The number of nitrogens with two attached hydrogens (primary N) is 1. The fourth-order valence-electron chi connectivity index (χ4n) is 10.7. The van der Waals surface area contributed by atoms with Crippen molar-refractivity contribution in [3.05, 3.63) is 0 Å². The molecule has 0 aromatic carbocycles. The molecule has 10 heteroatoms. The van der Waals surface area contributed by atoms with E-state index < -0.39 is 26.5 Å². The van der Waals surface area contributed by atoms with E-state index in [0.29, 0.717) is 6.42 Å². The van der Waals surface area contributed by atoms with Gasteiger partial charge in [0.1, 0.15) is 6.61 Å². The molecule has 2 unspecified atom stereocenters. The van der Waals surface area contributed by atoms with Gasteiger partial charge in [-0.25, -0.2) is 4.57 Å². The molecule has 0 aliphatic carbocycles. The van der Waals surface area contributed by atoms with Crippen LogP contribution in [0.4, 0.5) is 0 Å². The maximum absolute atomic E-state index is 12.7. The lowest BCUT2D eigenvalue weighted by molar-refractivity contribution is -0.161. The van der Waals surface area contributed by atoms with Crippen molar-refractivity contribution in [1.29, 1.82) is 0 Å². The molecule has 76 heavy (non-hydrogen) atoms. The van der Waals surface area contributed by atoms with E-state index in [4.69, 9.17) is 24.3 Å². The number of esters is 2. The minimum Gasteiger partial charge on any atom is -0.462 e. The second-order valence-corrected chi connectivity index (χ2v) is 24.9. The molecular formula is C66H132NO8P. The quantitative estimate of drug-likeness (QED) is 0.0347. The van der Waals surface area contributed by atoms with E-state index in [1.165, 1.54) is 315 Å². The second kappa shape index (κ2) is 63.2. The molecular weight excluding hydrogens is 966 g/mol. The minimum atomic E-state index is -4.38. The highest BCUT2D eigenvalue weighted by atomic mass is 31.2. The van der Waals surface area contributed by atoms with Crippen LogP contribution in [0.1, 0.15) is 380 Å². The highest BCUT2D eigenvalue weighted by molar-refractivity contribution is 7.47. The molecule has 0 bridgehead atoms. The Balaban J connectivity index is 3.75. The fourth-order valence-corrected chi connectivity index (χ4v) is 11.5. The first-order valence-corrected chi connectivity index (χ1v) is 35.5. The predicted molar refractivity (Wildman–Crippen MR) is 326 cm³/mol. The summed E-state index contributed by atoms with van der Waals surface area (Å²) in [6.07, 6.45) is 73.5. The minimum absolute atomic E-state index is 0.0587. The highest BCUT2D eigenvalue weighted by Gasteiger charge is 2.26. The van der Waals surface area contributed by atoms with E-state index in [1.54, 1.807) is 0 Å². The third kappa shape index (κ3) is 62.2. The third-order valence-electron chi connectivity index (χ3n) is 15.7. The maximum atomic E-state index is 12.7. The van der Waals surface area contributed by atoms with E-state index in [0.717, 1.165) is 32.1 Å². The van der Waals surface area contributed by atoms with E-state index in [9.17, 15) is 19.0 Å². The van der Waals surface area contributed by atoms with Crippen LogP contribution in [0.5, 0.6) is 0 Å². The lowest BCUT2D eigenvalue weighted by atomic mass is 10.0. The van der Waals surface area contributed by atoms with E-state index in [2.05, 4.69) is 13.8 Å². The summed E-state index contributed by atoms with van der Waals surface area (Å²) in [4.78, 5) is 35.3. The monoisotopic (exact) mass is 1100 g/mol. The summed E-state index contributed by atoms with van der Waals surface area (Å²) in [5.41, 5.74) is 5.39. The molecule has 0 heterocycles. The van der Waals surface area contributed by atoms with E-state index >= 15 is 0 Å². The normalized spacial score (nSPS) is 12.8. The van der Waals surface area contributed by atoms with Crippen LogP contribution in [0.3, 0.4) is 0 Å². The van der Waals surface area contributed by atoms with Crippen molar-refractivity contribution in [2.24, 2.45) is 5.73 Å². The summed E-state index contributed by atoms with van der Waals surface area (Å²) in [5.74, 6) is -0.799. The van der Waals surface area contributed by atoms with Crippen LogP contribution in [-0.4, -0.2) is 49.3 Å². The molecule has 0 aliphatic heterocycles. The number of rotatable bonds is 66. The Morgan fingerprint density at radius 3 is 0.803 bits per heavy atom. The van der Waals surface area contributed by atoms with Crippen LogP contribution in [0, 0.1) is 0 Å². The number of carbonyl (C=O) groups excluding carboxylic acids is 2. The second-order valence-electron chi connectivity index (χ2n) is 23.4. The van der Waals surface area contributed by atoms with Gasteiger partial charge >= 0.3 is 19.8 Å². The van der Waals surface area contributed by atoms with Crippen molar-refractivity contribution >= 4 is 19.8 Å². The number of phosphoric acid groups is 1. The van der Waals surface area contributed by atoms with Crippen molar-refractivity contribution in [3.63, 3.8) is 0 Å². The van der Waals surface area contributed by atoms with Crippen molar-refractivity contribution in [1.82, 2.24) is 0 Å². The molecule has 0 spiro atoms. The Labute approximate surface area is 473 Å². The number of phosphoric ester groups is 1. The number of unbranched alkanes of at least 4 members (excludes halogenated alkanes) is 53. The zero-order valence-corrected chi connectivity index (χ0v) is 51.9. The molecule has 9 nitrogen and oxygen atoms in total. The summed E-state index contributed by atoms with van der Waals surface area (Å²) < 4.78 is 33.1. The van der Waals surface area contributed by atoms with Crippen LogP contribution in [0.25, 0.3) is 0 Å². The highest BCUT2D eigenvalue weighted by Crippen LogP contribution is 2.43. The van der Waals surface area contributed by atoms with Gasteiger partial charge in [0, 0.05) is 19.4 Å². The predicted octanol–water partition coefficient (Wildman–Crippen LogP) is 21.8. The van der Waals surface area contributed by atoms with Gasteiger partial charge in [-0.2, -0.15) is 0 Å². The van der Waals surface area contributed by atoms with Crippen LogP contribution < -0.4 is 5.73 Å². The van der Waals surface area contributed by atoms with Crippen LogP contribution >= 0.6 is 7.82 Å². The number of carbonyl (C=O) groups is 2. The Morgan fingerprint density at radius 2 is 0.566 bits per heavy atom. The van der Waals surface area contributed by atoms with Gasteiger partial charge < -0.3 is 20.1 Å². The van der Waals surface area contributed by atoms with Crippen molar-refractivity contribution in [2.75, 3.05) is 26.4 Å². The average Bonchev–Trinajstić information content (AvgIpc) is 3.41. The van der Waals surface area contributed by atoms with Crippen molar-refractivity contribution < 1.29 is 37.6 Å². The molecule has 454 valence electrons. The number of hydrogen-bond donors (Lipinski definition) is 2. The van der Waals surface area contributed by atoms with Gasteiger partial charge in [0.25, 0.3) is 0 Å². The molecule has 0 saturated carbocycles. The Bertz CT molecular complexity index is 1210. The molecule has 0 saturated heterocycles. The Kier molecular flexibility index (Phi) is 62.4. The summed E-state index contributed by atoms with van der Waals surface area (Å²) in [6, 6.07) is 0. The van der Waals surface area contributed by atoms with Crippen LogP contribution in [-0.2, 0) is 32.7 Å². The summed E-state index contributed by atoms with van der Waals surface area (Å²) in [7, 11) is -4.38. The third-order valence-corrected chi connectivity index (χ3v) is 16.7. The lowest BCUT2D eigenvalue weighted by Crippen LogP contribution is -2.29. The van der Waals surface area contributed by atoms with Crippen molar-refractivity contribution in [3.8, 4) is 0 Å². The van der Waals surface area contributed by atoms with Gasteiger partial charge in [-0.15, -0.1) is 0 Å². The Hall–Kier alpha value is -0.990. The Morgan fingerprint density at radius 1 is 0.342 bits per heavy atom. The van der Waals surface area contributed by atoms with Gasteiger partial charge in [0.15, 0.2) is 6.10 Å². The number of ether oxygens (including phenoxy) is 2.